The average Bonchev–Trinajstić information content (AvgIpc) is 2.84. The Morgan fingerprint density at radius 2 is 2.05 bits per heavy atom. The molecule has 2 heterocycles. The van der Waals surface area contributed by atoms with Gasteiger partial charge in [0.15, 0.2) is 6.04 Å². The molecule has 0 bridgehead atoms. The van der Waals surface area contributed by atoms with E-state index in [2.05, 4.69) is 10.4 Å². The highest BCUT2D eigenvalue weighted by Gasteiger charge is 2.43. The molecule has 0 radical (unpaired) electrons. The minimum atomic E-state index is -4.38. The van der Waals surface area contributed by atoms with Gasteiger partial charge in [-0.2, -0.15) is 18.3 Å². The fourth-order valence-electron chi connectivity index (χ4n) is 2.31. The van der Waals surface area contributed by atoms with Crippen LogP contribution in [0.1, 0.15) is 11.7 Å². The zero-order valence-corrected chi connectivity index (χ0v) is 11.3. The number of nitrogens with one attached hydrogen (secondary N) is 1. The molecule has 1 aromatic carbocycles. The van der Waals surface area contributed by atoms with E-state index < -0.39 is 18.0 Å². The largest absolute Gasteiger partial charge is 0.412 e. The number of aromatic nitrogens is 2. The predicted molar refractivity (Wildman–Crippen MR) is 69.4 cm³/mol. The zero-order valence-electron chi connectivity index (χ0n) is 10.6. The number of alkyl halides is 3. The van der Waals surface area contributed by atoms with Crippen molar-refractivity contribution in [1.82, 2.24) is 15.1 Å². The van der Waals surface area contributed by atoms with Gasteiger partial charge in [0.25, 0.3) is 0 Å². The van der Waals surface area contributed by atoms with Crippen molar-refractivity contribution in [3.63, 3.8) is 0 Å². The van der Waals surface area contributed by atoms with Crippen molar-refractivity contribution < 1.29 is 17.6 Å². The molecular weight excluding hydrogens is 310 g/mol. The van der Waals surface area contributed by atoms with Crippen LogP contribution in [-0.2, 0) is 6.54 Å². The molecule has 1 atom stereocenters. The first kappa shape index (κ1) is 14.3. The van der Waals surface area contributed by atoms with Crippen LogP contribution in [0.2, 0.25) is 5.02 Å². The number of nitrogens with zero attached hydrogens (tertiary/aromatic N) is 2. The Labute approximate surface area is 122 Å². The Hall–Kier alpha value is -1.60. The maximum Gasteiger partial charge on any atom is 0.412 e. The molecule has 112 valence electrons. The van der Waals surface area contributed by atoms with E-state index in [1.165, 1.54) is 12.1 Å². The summed E-state index contributed by atoms with van der Waals surface area (Å²) in [5, 5.41) is 6.64. The predicted octanol–water partition coefficient (Wildman–Crippen LogP) is 3.55. The molecule has 3 rings (SSSR count). The minimum absolute atomic E-state index is 0.0935. The summed E-state index contributed by atoms with van der Waals surface area (Å²) in [7, 11) is 0. The number of halogens is 5. The van der Waals surface area contributed by atoms with E-state index in [0.717, 1.165) is 10.7 Å². The lowest BCUT2D eigenvalue weighted by atomic mass is 10.1. The maximum atomic E-state index is 13.1. The SMILES string of the molecule is Fc1ccc(-c2cc3n(n2)C(C(F)(F)F)CNC3)cc1Cl. The van der Waals surface area contributed by atoms with Gasteiger partial charge in [-0.05, 0) is 24.3 Å². The van der Waals surface area contributed by atoms with E-state index in [0.29, 0.717) is 23.5 Å². The molecule has 1 N–H and O–H groups in total. The van der Waals surface area contributed by atoms with E-state index in [1.807, 2.05) is 0 Å². The first-order valence-electron chi connectivity index (χ1n) is 6.17. The zero-order chi connectivity index (χ0) is 15.2. The van der Waals surface area contributed by atoms with Crippen LogP contribution in [0.5, 0.6) is 0 Å². The van der Waals surface area contributed by atoms with Crippen molar-refractivity contribution in [1.29, 1.82) is 0 Å². The molecule has 0 spiro atoms. The van der Waals surface area contributed by atoms with Gasteiger partial charge in [-0.15, -0.1) is 0 Å². The van der Waals surface area contributed by atoms with Gasteiger partial charge < -0.3 is 5.32 Å². The van der Waals surface area contributed by atoms with Crippen LogP contribution >= 0.6 is 11.6 Å². The van der Waals surface area contributed by atoms with E-state index in [1.54, 1.807) is 6.07 Å². The molecule has 8 heteroatoms. The fraction of sp³-hybridized carbons (Fsp3) is 0.308. The summed E-state index contributed by atoms with van der Waals surface area (Å²) in [5.74, 6) is -0.584. The Morgan fingerprint density at radius 1 is 1.29 bits per heavy atom. The van der Waals surface area contributed by atoms with Gasteiger partial charge in [-0.1, -0.05) is 11.6 Å². The molecule has 0 fully saturated rings. The Balaban J connectivity index is 2.03. The van der Waals surface area contributed by atoms with Gasteiger partial charge in [0.1, 0.15) is 5.82 Å². The molecule has 21 heavy (non-hydrogen) atoms. The van der Waals surface area contributed by atoms with Crippen LogP contribution in [-0.4, -0.2) is 22.5 Å². The summed E-state index contributed by atoms with van der Waals surface area (Å²) in [6, 6.07) is 3.79. The Morgan fingerprint density at radius 3 is 2.71 bits per heavy atom. The number of hydrogen-bond donors (Lipinski definition) is 1. The molecule has 0 amide bonds. The van der Waals surface area contributed by atoms with Gasteiger partial charge in [-0.25, -0.2) is 4.39 Å². The fourth-order valence-corrected chi connectivity index (χ4v) is 2.49. The maximum absolute atomic E-state index is 13.1. The highest BCUT2D eigenvalue weighted by molar-refractivity contribution is 6.31. The summed E-state index contributed by atoms with van der Waals surface area (Å²) >= 11 is 5.69. The molecule has 1 unspecified atom stereocenters. The lowest BCUT2D eigenvalue weighted by Crippen LogP contribution is -2.41. The van der Waals surface area contributed by atoms with Crippen molar-refractivity contribution >= 4 is 11.6 Å². The quantitative estimate of drug-likeness (QED) is 0.815. The minimum Gasteiger partial charge on any atom is -0.309 e. The Kier molecular flexibility index (Phi) is 3.41. The number of hydrogen-bond acceptors (Lipinski definition) is 2. The van der Waals surface area contributed by atoms with Gasteiger partial charge in [0.2, 0.25) is 0 Å². The van der Waals surface area contributed by atoms with Gasteiger partial charge in [0.05, 0.1) is 16.4 Å². The lowest BCUT2D eigenvalue weighted by Gasteiger charge is -2.27. The van der Waals surface area contributed by atoms with E-state index in [-0.39, 0.29) is 11.6 Å². The highest BCUT2D eigenvalue weighted by atomic mass is 35.5. The Bertz CT molecular complexity index is 681. The van der Waals surface area contributed by atoms with Crippen LogP contribution < -0.4 is 5.32 Å². The standard InChI is InChI=1S/C13H10ClF4N3/c14-9-3-7(1-2-10(9)15)11-4-8-5-19-6-12(13(16,17)18)21(8)20-11/h1-4,12,19H,5-6H2. The second kappa shape index (κ2) is 4.99. The summed E-state index contributed by atoms with van der Waals surface area (Å²) in [6.45, 7) is 0.0797. The molecule has 0 saturated carbocycles. The molecule has 0 aliphatic carbocycles. The molecular formula is C13H10ClF4N3. The first-order chi connectivity index (χ1) is 9.86. The van der Waals surface area contributed by atoms with Crippen LogP contribution in [0.4, 0.5) is 17.6 Å². The molecule has 1 aliphatic heterocycles. The lowest BCUT2D eigenvalue weighted by molar-refractivity contribution is -0.171. The third-order valence-corrected chi connectivity index (χ3v) is 3.63. The van der Waals surface area contributed by atoms with Crippen molar-refractivity contribution in [3.8, 4) is 11.3 Å². The molecule has 0 saturated heterocycles. The van der Waals surface area contributed by atoms with Crippen molar-refractivity contribution in [2.45, 2.75) is 18.8 Å². The summed E-state index contributed by atoms with van der Waals surface area (Å²) in [6.07, 6.45) is -4.38. The van der Waals surface area contributed by atoms with Gasteiger partial charge in [-0.3, -0.25) is 4.68 Å². The van der Waals surface area contributed by atoms with Crippen LogP contribution in [0.3, 0.4) is 0 Å². The van der Waals surface area contributed by atoms with Gasteiger partial charge in [0, 0.05) is 18.7 Å². The second-order valence-corrected chi connectivity index (χ2v) is 5.19. The van der Waals surface area contributed by atoms with Crippen molar-refractivity contribution in [3.05, 3.63) is 40.8 Å². The highest BCUT2D eigenvalue weighted by Crippen LogP contribution is 2.34. The third-order valence-electron chi connectivity index (χ3n) is 3.35. The van der Waals surface area contributed by atoms with E-state index >= 15 is 0 Å². The van der Waals surface area contributed by atoms with E-state index in [9.17, 15) is 17.6 Å². The monoisotopic (exact) mass is 319 g/mol. The second-order valence-electron chi connectivity index (χ2n) is 4.78. The summed E-state index contributed by atoms with van der Waals surface area (Å²) < 4.78 is 53.1. The first-order valence-corrected chi connectivity index (χ1v) is 6.55. The summed E-state index contributed by atoms with van der Waals surface area (Å²) in [4.78, 5) is 0. The number of fused-ring (bicyclic) bond motifs is 1. The normalized spacial score (nSPS) is 18.6. The number of rotatable bonds is 1. The molecule has 1 aromatic heterocycles. The van der Waals surface area contributed by atoms with Crippen LogP contribution in [0.15, 0.2) is 24.3 Å². The number of benzene rings is 1. The van der Waals surface area contributed by atoms with Crippen molar-refractivity contribution in [2.75, 3.05) is 6.54 Å². The molecule has 2 aromatic rings. The molecule has 3 nitrogen and oxygen atoms in total. The molecule has 1 aliphatic rings. The average molecular weight is 320 g/mol. The summed E-state index contributed by atoms with van der Waals surface area (Å²) in [5.41, 5.74) is 1.24. The van der Waals surface area contributed by atoms with Crippen LogP contribution in [0, 0.1) is 5.82 Å². The van der Waals surface area contributed by atoms with Crippen LogP contribution in [0.25, 0.3) is 11.3 Å². The topological polar surface area (TPSA) is 29.9 Å². The van der Waals surface area contributed by atoms with E-state index in [4.69, 9.17) is 11.6 Å². The van der Waals surface area contributed by atoms with Crippen molar-refractivity contribution in [2.24, 2.45) is 0 Å². The van der Waals surface area contributed by atoms with Gasteiger partial charge >= 0.3 is 6.18 Å². The smallest absolute Gasteiger partial charge is 0.309 e. The third kappa shape index (κ3) is 2.63.